The van der Waals surface area contributed by atoms with Crippen molar-refractivity contribution in [1.82, 2.24) is 4.90 Å². The van der Waals surface area contributed by atoms with Gasteiger partial charge in [0.2, 0.25) is 0 Å². The maximum Gasteiger partial charge on any atom is 0.331 e. The molecule has 0 aliphatic carbocycles. The highest BCUT2D eigenvalue weighted by Gasteiger charge is 2.23. The van der Waals surface area contributed by atoms with Gasteiger partial charge in [0.15, 0.2) is 6.10 Å². The van der Waals surface area contributed by atoms with Gasteiger partial charge in [0.05, 0.1) is 5.56 Å². The highest BCUT2D eigenvalue weighted by atomic mass is 19.1. The minimum atomic E-state index is -0.833. The summed E-state index contributed by atoms with van der Waals surface area (Å²) in [7, 11) is 0. The third-order valence-electron chi connectivity index (χ3n) is 4.71. The highest BCUT2D eigenvalue weighted by Crippen LogP contribution is 2.25. The summed E-state index contributed by atoms with van der Waals surface area (Å²) in [6.45, 7) is 3.01. The second-order valence-corrected chi connectivity index (χ2v) is 6.83. The van der Waals surface area contributed by atoms with Crippen LogP contribution in [0.3, 0.4) is 0 Å². The number of halogens is 1. The van der Waals surface area contributed by atoms with Gasteiger partial charge in [-0.1, -0.05) is 25.0 Å². The number of rotatable bonds is 5. The Hall–Kier alpha value is -2.89. The number of esters is 1. The molecule has 1 saturated heterocycles. The number of hydrogen-bond donors (Lipinski definition) is 0. The van der Waals surface area contributed by atoms with Crippen LogP contribution in [0.25, 0.3) is 17.4 Å². The van der Waals surface area contributed by atoms with Crippen molar-refractivity contribution in [2.24, 2.45) is 0 Å². The van der Waals surface area contributed by atoms with Crippen molar-refractivity contribution in [3.8, 4) is 11.3 Å². The lowest BCUT2D eigenvalue weighted by atomic mass is 10.1. The molecular formula is C22H24FNO4. The van der Waals surface area contributed by atoms with E-state index in [1.54, 1.807) is 42.2 Å². The van der Waals surface area contributed by atoms with E-state index in [0.29, 0.717) is 30.2 Å². The molecule has 2 aromatic rings. The largest absolute Gasteiger partial charge is 0.457 e. The molecule has 1 amide bonds. The van der Waals surface area contributed by atoms with Crippen LogP contribution in [-0.2, 0) is 14.3 Å². The molecular weight excluding hydrogens is 361 g/mol. The molecule has 1 aliphatic rings. The first kappa shape index (κ1) is 19.9. The quantitative estimate of drug-likeness (QED) is 0.564. The van der Waals surface area contributed by atoms with E-state index in [1.807, 2.05) is 0 Å². The highest BCUT2D eigenvalue weighted by molar-refractivity contribution is 5.90. The molecule has 5 nitrogen and oxygen atoms in total. The summed E-state index contributed by atoms with van der Waals surface area (Å²) in [4.78, 5) is 26.2. The van der Waals surface area contributed by atoms with E-state index >= 15 is 0 Å². The fourth-order valence-corrected chi connectivity index (χ4v) is 3.21. The lowest BCUT2D eigenvalue weighted by Gasteiger charge is -2.23. The van der Waals surface area contributed by atoms with Crippen molar-refractivity contribution in [1.29, 1.82) is 0 Å². The van der Waals surface area contributed by atoms with Crippen molar-refractivity contribution in [3.63, 3.8) is 0 Å². The molecule has 0 spiro atoms. The van der Waals surface area contributed by atoms with E-state index in [0.717, 1.165) is 25.7 Å². The first-order valence-electron chi connectivity index (χ1n) is 9.57. The molecule has 1 aliphatic heterocycles. The van der Waals surface area contributed by atoms with Crippen LogP contribution in [0.1, 0.15) is 38.4 Å². The zero-order valence-corrected chi connectivity index (χ0v) is 15.9. The molecule has 1 aromatic carbocycles. The minimum absolute atomic E-state index is 0.163. The molecule has 2 heterocycles. The maximum atomic E-state index is 13.8. The molecule has 0 unspecified atom stereocenters. The SMILES string of the molecule is C[C@@H](OC(=O)/C=C/c1ccc(-c2ccccc2F)o1)C(=O)N1CCCCCC1. The average molecular weight is 385 g/mol. The van der Waals surface area contributed by atoms with Gasteiger partial charge < -0.3 is 14.1 Å². The van der Waals surface area contributed by atoms with E-state index in [4.69, 9.17) is 9.15 Å². The standard InChI is InChI=1S/C22H24FNO4/c1-16(22(26)24-14-6-2-3-7-15-24)27-21(25)13-11-17-10-12-20(28-17)18-8-4-5-9-19(18)23/h4-5,8-13,16H,2-3,6-7,14-15H2,1H3/b13-11+/t16-/m1/s1. The van der Waals surface area contributed by atoms with Crippen LogP contribution in [-0.4, -0.2) is 36.0 Å². The summed E-state index contributed by atoms with van der Waals surface area (Å²) in [5.41, 5.74) is 0.349. The van der Waals surface area contributed by atoms with E-state index in [2.05, 4.69) is 0 Å². The topological polar surface area (TPSA) is 59.8 Å². The summed E-state index contributed by atoms with van der Waals surface area (Å²) >= 11 is 0. The molecule has 1 fully saturated rings. The Morgan fingerprint density at radius 2 is 1.82 bits per heavy atom. The Kier molecular flexibility index (Phi) is 6.63. The number of carbonyl (C=O) groups is 2. The molecule has 0 saturated carbocycles. The molecule has 3 rings (SSSR count). The monoisotopic (exact) mass is 385 g/mol. The molecule has 0 radical (unpaired) electrons. The van der Waals surface area contributed by atoms with Gasteiger partial charge in [-0.2, -0.15) is 0 Å². The molecule has 6 heteroatoms. The first-order chi connectivity index (χ1) is 13.5. The van der Waals surface area contributed by atoms with Crippen molar-refractivity contribution in [2.75, 3.05) is 13.1 Å². The first-order valence-corrected chi connectivity index (χ1v) is 9.57. The summed E-state index contributed by atoms with van der Waals surface area (Å²) in [5.74, 6) is -0.409. The maximum absolute atomic E-state index is 13.8. The smallest absolute Gasteiger partial charge is 0.331 e. The van der Waals surface area contributed by atoms with E-state index in [-0.39, 0.29) is 11.7 Å². The van der Waals surface area contributed by atoms with Gasteiger partial charge in [0.25, 0.3) is 5.91 Å². The zero-order chi connectivity index (χ0) is 19.9. The van der Waals surface area contributed by atoms with Crippen LogP contribution < -0.4 is 0 Å². The number of amides is 1. The van der Waals surface area contributed by atoms with Gasteiger partial charge in [-0.25, -0.2) is 9.18 Å². The van der Waals surface area contributed by atoms with Crippen LogP contribution in [0.2, 0.25) is 0 Å². The van der Waals surface area contributed by atoms with Crippen LogP contribution in [0.15, 0.2) is 46.9 Å². The van der Waals surface area contributed by atoms with Gasteiger partial charge in [0, 0.05) is 19.2 Å². The lowest BCUT2D eigenvalue weighted by molar-refractivity contribution is -0.155. The number of nitrogens with zero attached hydrogens (tertiary/aromatic N) is 1. The van der Waals surface area contributed by atoms with E-state index in [1.165, 1.54) is 18.2 Å². The van der Waals surface area contributed by atoms with Crippen molar-refractivity contribution >= 4 is 18.0 Å². The van der Waals surface area contributed by atoms with Crippen LogP contribution in [0, 0.1) is 5.82 Å². The average Bonchev–Trinajstić information content (AvgIpc) is 2.99. The lowest BCUT2D eigenvalue weighted by Crippen LogP contribution is -2.40. The second kappa shape index (κ2) is 9.35. The summed E-state index contributed by atoms with van der Waals surface area (Å²) < 4.78 is 24.6. The van der Waals surface area contributed by atoms with Gasteiger partial charge in [-0.15, -0.1) is 0 Å². The number of furan rings is 1. The third kappa shape index (κ3) is 5.09. The number of hydrogen-bond acceptors (Lipinski definition) is 4. The van der Waals surface area contributed by atoms with Gasteiger partial charge >= 0.3 is 5.97 Å². The van der Waals surface area contributed by atoms with Crippen LogP contribution >= 0.6 is 0 Å². The van der Waals surface area contributed by atoms with Gasteiger partial charge in [-0.05, 0) is 50.1 Å². The second-order valence-electron chi connectivity index (χ2n) is 6.83. The Bertz CT molecular complexity index is 850. The fourth-order valence-electron chi connectivity index (χ4n) is 3.21. The number of carbonyl (C=O) groups excluding carboxylic acids is 2. The molecule has 148 valence electrons. The fraction of sp³-hybridized carbons (Fsp3) is 0.364. The Balaban J connectivity index is 1.56. The molecule has 0 bridgehead atoms. The number of benzene rings is 1. The van der Waals surface area contributed by atoms with Crippen molar-refractivity contribution in [2.45, 2.75) is 38.7 Å². The van der Waals surface area contributed by atoms with E-state index in [9.17, 15) is 14.0 Å². The molecule has 1 atom stereocenters. The molecule has 28 heavy (non-hydrogen) atoms. The summed E-state index contributed by atoms with van der Waals surface area (Å²) in [6.07, 6.45) is 6.02. The van der Waals surface area contributed by atoms with Gasteiger partial charge in [-0.3, -0.25) is 4.79 Å². The third-order valence-corrected chi connectivity index (χ3v) is 4.71. The summed E-state index contributed by atoms with van der Waals surface area (Å²) in [5, 5.41) is 0. The Morgan fingerprint density at radius 1 is 1.11 bits per heavy atom. The summed E-state index contributed by atoms with van der Waals surface area (Å²) in [6, 6.07) is 9.56. The normalized spacial score (nSPS) is 16.0. The van der Waals surface area contributed by atoms with Gasteiger partial charge in [0.1, 0.15) is 17.3 Å². The number of ether oxygens (including phenoxy) is 1. The van der Waals surface area contributed by atoms with Crippen LogP contribution in [0.4, 0.5) is 4.39 Å². The van der Waals surface area contributed by atoms with Crippen LogP contribution in [0.5, 0.6) is 0 Å². The van der Waals surface area contributed by atoms with Crippen molar-refractivity contribution in [3.05, 3.63) is 54.1 Å². The Labute approximate surface area is 163 Å². The number of likely N-dealkylation sites (tertiary alicyclic amines) is 1. The predicted octanol–water partition coefficient (Wildman–Crippen LogP) is 4.43. The molecule has 0 N–H and O–H groups in total. The zero-order valence-electron chi connectivity index (χ0n) is 15.9. The van der Waals surface area contributed by atoms with Crippen molar-refractivity contribution < 1.29 is 23.1 Å². The minimum Gasteiger partial charge on any atom is -0.457 e. The predicted molar refractivity (Wildman–Crippen MR) is 104 cm³/mol. The molecule has 1 aromatic heterocycles. The Morgan fingerprint density at radius 3 is 2.54 bits per heavy atom. The van der Waals surface area contributed by atoms with E-state index < -0.39 is 12.1 Å².